The first-order valence-electron chi connectivity index (χ1n) is 4.89. The number of aliphatic imine (C=N–C) groups is 1. The third-order valence-corrected chi connectivity index (χ3v) is 2.10. The van der Waals surface area contributed by atoms with Gasteiger partial charge in [0.2, 0.25) is 5.90 Å². The molecule has 78 valence electrons. The quantitative estimate of drug-likeness (QED) is 0.753. The Labute approximate surface area is 88.0 Å². The first kappa shape index (κ1) is 9.71. The van der Waals surface area contributed by atoms with E-state index in [2.05, 4.69) is 10.3 Å². The van der Waals surface area contributed by atoms with Gasteiger partial charge in [-0.05, 0) is 19.1 Å². The fraction of sp³-hybridized carbons (Fsp3) is 0.273. The van der Waals surface area contributed by atoms with Gasteiger partial charge < -0.3 is 10.1 Å². The number of carbonyl (C=O) groups excluding carboxylic acids is 1. The van der Waals surface area contributed by atoms with Crippen LogP contribution in [0.3, 0.4) is 0 Å². The summed E-state index contributed by atoms with van der Waals surface area (Å²) in [6.07, 6.45) is 0. The summed E-state index contributed by atoms with van der Waals surface area (Å²) in [5.74, 6) is 0.444. The Hall–Kier alpha value is -1.84. The van der Waals surface area contributed by atoms with Crippen molar-refractivity contribution in [1.29, 1.82) is 0 Å². The van der Waals surface area contributed by atoms with Gasteiger partial charge in [0, 0.05) is 0 Å². The molecule has 0 saturated carbocycles. The Kier molecular flexibility index (Phi) is 2.67. The molecule has 0 radical (unpaired) electrons. The molecular formula is C11H12N2O2. The van der Waals surface area contributed by atoms with Gasteiger partial charge in [-0.1, -0.05) is 12.1 Å². The standard InChI is InChI=1S/C11H12N2O2/c1-2-15-10-7-12-11(14)8-5-3-4-6-9(8)13-10/h3-6H,2,7H2,1H3,(H,12,14). The van der Waals surface area contributed by atoms with Crippen LogP contribution in [0.5, 0.6) is 0 Å². The molecule has 0 aliphatic carbocycles. The van der Waals surface area contributed by atoms with Crippen LogP contribution in [0, 0.1) is 0 Å². The van der Waals surface area contributed by atoms with Crippen LogP contribution < -0.4 is 5.32 Å². The fourth-order valence-electron chi connectivity index (χ4n) is 1.44. The maximum absolute atomic E-state index is 11.6. The molecule has 1 aromatic carbocycles. The molecule has 1 aliphatic rings. The van der Waals surface area contributed by atoms with E-state index in [1.54, 1.807) is 12.1 Å². The molecule has 0 aromatic heterocycles. The lowest BCUT2D eigenvalue weighted by atomic mass is 10.2. The second-order valence-electron chi connectivity index (χ2n) is 3.14. The number of nitrogens with one attached hydrogen (secondary N) is 1. The lowest BCUT2D eigenvalue weighted by molar-refractivity contribution is 0.0959. The highest BCUT2D eigenvalue weighted by Crippen LogP contribution is 2.20. The summed E-state index contributed by atoms with van der Waals surface area (Å²) >= 11 is 0. The third-order valence-electron chi connectivity index (χ3n) is 2.10. The van der Waals surface area contributed by atoms with E-state index in [4.69, 9.17) is 4.74 Å². The molecule has 0 spiro atoms. The van der Waals surface area contributed by atoms with Crippen molar-refractivity contribution in [3.8, 4) is 0 Å². The predicted molar refractivity (Wildman–Crippen MR) is 57.5 cm³/mol. The van der Waals surface area contributed by atoms with Crippen molar-refractivity contribution >= 4 is 17.5 Å². The maximum atomic E-state index is 11.6. The number of para-hydroxylation sites is 1. The lowest BCUT2D eigenvalue weighted by Crippen LogP contribution is -2.28. The number of benzene rings is 1. The summed E-state index contributed by atoms with van der Waals surface area (Å²) in [6.45, 7) is 2.79. The Bertz CT molecular complexity index is 413. The second kappa shape index (κ2) is 4.13. The number of ether oxygens (including phenoxy) is 1. The van der Waals surface area contributed by atoms with Crippen molar-refractivity contribution in [3.05, 3.63) is 29.8 Å². The molecule has 1 aliphatic heterocycles. The van der Waals surface area contributed by atoms with Gasteiger partial charge in [0.25, 0.3) is 5.91 Å². The molecule has 0 unspecified atom stereocenters. The number of carbonyl (C=O) groups is 1. The van der Waals surface area contributed by atoms with Gasteiger partial charge in [-0.15, -0.1) is 0 Å². The zero-order valence-electron chi connectivity index (χ0n) is 8.49. The minimum atomic E-state index is -0.107. The van der Waals surface area contributed by atoms with Crippen LogP contribution in [0.1, 0.15) is 17.3 Å². The second-order valence-corrected chi connectivity index (χ2v) is 3.14. The molecule has 1 N–H and O–H groups in total. The van der Waals surface area contributed by atoms with Crippen LogP contribution >= 0.6 is 0 Å². The highest BCUT2D eigenvalue weighted by atomic mass is 16.5. The van der Waals surface area contributed by atoms with Crippen LogP contribution in [-0.4, -0.2) is 25.0 Å². The number of hydrogen-bond donors (Lipinski definition) is 1. The van der Waals surface area contributed by atoms with Crippen LogP contribution in [0.4, 0.5) is 5.69 Å². The molecule has 1 heterocycles. The SMILES string of the molecule is CCOC1=Nc2ccccc2C(=O)NC1. The lowest BCUT2D eigenvalue weighted by Gasteiger charge is -2.04. The number of fused-ring (bicyclic) bond motifs is 1. The molecular weight excluding hydrogens is 192 g/mol. The fourth-order valence-corrected chi connectivity index (χ4v) is 1.44. The van der Waals surface area contributed by atoms with Gasteiger partial charge >= 0.3 is 0 Å². The van der Waals surface area contributed by atoms with E-state index >= 15 is 0 Å². The number of hydrogen-bond acceptors (Lipinski definition) is 3. The average Bonchev–Trinajstić information content (AvgIpc) is 2.40. The van der Waals surface area contributed by atoms with E-state index in [0.29, 0.717) is 30.3 Å². The maximum Gasteiger partial charge on any atom is 0.253 e. The minimum absolute atomic E-state index is 0.107. The smallest absolute Gasteiger partial charge is 0.253 e. The number of rotatable bonds is 1. The average molecular weight is 204 g/mol. The van der Waals surface area contributed by atoms with E-state index in [0.717, 1.165) is 0 Å². The summed E-state index contributed by atoms with van der Waals surface area (Å²) in [6, 6.07) is 7.23. The van der Waals surface area contributed by atoms with Crippen LogP contribution in [-0.2, 0) is 4.74 Å². The zero-order chi connectivity index (χ0) is 10.7. The van der Waals surface area contributed by atoms with Crippen molar-refractivity contribution in [2.24, 2.45) is 4.99 Å². The van der Waals surface area contributed by atoms with Gasteiger partial charge in [-0.3, -0.25) is 4.79 Å². The summed E-state index contributed by atoms with van der Waals surface area (Å²) < 4.78 is 5.30. The minimum Gasteiger partial charge on any atom is -0.480 e. The van der Waals surface area contributed by atoms with Crippen molar-refractivity contribution in [3.63, 3.8) is 0 Å². The summed E-state index contributed by atoms with van der Waals surface area (Å²) in [5.41, 5.74) is 1.25. The molecule has 15 heavy (non-hydrogen) atoms. The van der Waals surface area contributed by atoms with E-state index in [1.165, 1.54) is 0 Å². The number of nitrogens with zero attached hydrogens (tertiary/aromatic N) is 1. The molecule has 0 fully saturated rings. The Morgan fingerprint density at radius 3 is 3.07 bits per heavy atom. The molecule has 0 bridgehead atoms. The molecule has 4 heteroatoms. The molecule has 1 aromatic rings. The highest BCUT2D eigenvalue weighted by Gasteiger charge is 2.16. The van der Waals surface area contributed by atoms with Gasteiger partial charge in [-0.2, -0.15) is 0 Å². The summed E-state index contributed by atoms with van der Waals surface area (Å²) in [4.78, 5) is 15.9. The zero-order valence-corrected chi connectivity index (χ0v) is 8.49. The molecule has 0 saturated heterocycles. The molecule has 4 nitrogen and oxygen atoms in total. The van der Waals surface area contributed by atoms with Crippen LogP contribution in [0.25, 0.3) is 0 Å². The summed E-state index contributed by atoms with van der Waals surface area (Å²) in [5, 5.41) is 2.74. The van der Waals surface area contributed by atoms with Crippen molar-refractivity contribution in [2.75, 3.05) is 13.2 Å². The predicted octanol–water partition coefficient (Wildman–Crippen LogP) is 1.50. The van der Waals surface area contributed by atoms with Gasteiger partial charge in [0.1, 0.15) is 0 Å². The van der Waals surface area contributed by atoms with E-state index < -0.39 is 0 Å². The van der Waals surface area contributed by atoms with Crippen molar-refractivity contribution in [2.45, 2.75) is 6.92 Å². The first-order valence-corrected chi connectivity index (χ1v) is 4.89. The van der Waals surface area contributed by atoms with Crippen molar-refractivity contribution < 1.29 is 9.53 Å². The summed E-state index contributed by atoms with van der Waals surface area (Å²) in [7, 11) is 0. The molecule has 1 amide bonds. The Balaban J connectivity index is 2.40. The van der Waals surface area contributed by atoms with Gasteiger partial charge in [-0.25, -0.2) is 4.99 Å². The molecule has 2 rings (SSSR count). The number of amides is 1. The topological polar surface area (TPSA) is 50.7 Å². The van der Waals surface area contributed by atoms with E-state index in [9.17, 15) is 4.79 Å². The van der Waals surface area contributed by atoms with Crippen molar-refractivity contribution in [1.82, 2.24) is 5.32 Å². The van der Waals surface area contributed by atoms with E-state index in [-0.39, 0.29) is 5.91 Å². The van der Waals surface area contributed by atoms with Gasteiger partial charge in [0.15, 0.2) is 0 Å². The van der Waals surface area contributed by atoms with Gasteiger partial charge in [0.05, 0.1) is 24.4 Å². The van der Waals surface area contributed by atoms with E-state index in [1.807, 2.05) is 19.1 Å². The Morgan fingerprint density at radius 2 is 2.27 bits per heavy atom. The van der Waals surface area contributed by atoms with Crippen LogP contribution in [0.15, 0.2) is 29.3 Å². The van der Waals surface area contributed by atoms with Crippen LogP contribution in [0.2, 0.25) is 0 Å². The Morgan fingerprint density at radius 1 is 1.47 bits per heavy atom. The highest BCUT2D eigenvalue weighted by molar-refractivity contribution is 6.03. The normalized spacial score (nSPS) is 14.7. The third kappa shape index (κ3) is 1.98. The first-order chi connectivity index (χ1) is 7.31. The molecule has 0 atom stereocenters. The monoisotopic (exact) mass is 204 g/mol. The largest absolute Gasteiger partial charge is 0.480 e.